The number of aliphatic hydroxyl groups is 3. The number of nitrogen functional groups attached to an aromatic ring is 1. The summed E-state index contributed by atoms with van der Waals surface area (Å²) in [6, 6.07) is 0. The average molecular weight is 306 g/mol. The van der Waals surface area contributed by atoms with E-state index >= 15 is 0 Å². The molecule has 7 N–H and O–H groups in total. The molecule has 0 aliphatic carbocycles. The fourth-order valence-electron chi connectivity index (χ4n) is 1.64. The Morgan fingerprint density at radius 1 is 1.38 bits per heavy atom. The van der Waals surface area contributed by atoms with Crippen molar-refractivity contribution in [1.82, 2.24) is 14.5 Å². The van der Waals surface area contributed by atoms with E-state index in [-0.39, 0.29) is 5.95 Å². The first-order valence-electron chi connectivity index (χ1n) is 5.53. The third kappa shape index (κ3) is 4.09. The molecular weight excluding hydrogens is 292 g/mol. The van der Waals surface area contributed by atoms with E-state index < -0.39 is 43.0 Å². The Morgan fingerprint density at radius 3 is 2.38 bits per heavy atom. The van der Waals surface area contributed by atoms with Gasteiger partial charge in [0.1, 0.15) is 24.6 Å². The lowest BCUT2D eigenvalue weighted by Crippen LogP contribution is -2.36. The Labute approximate surface area is 116 Å². The minimum atomic E-state index is -1.83. The molecule has 0 amide bonds. The number of hydrogen-bond donors (Lipinski definition) is 6. The summed E-state index contributed by atoms with van der Waals surface area (Å²) < 4.78 is 6.04. The first-order chi connectivity index (χ1) is 9.77. The number of aliphatic hydroxyl groups excluding tert-OH is 3. The van der Waals surface area contributed by atoms with Gasteiger partial charge in [-0.1, -0.05) is 0 Å². The summed E-state index contributed by atoms with van der Waals surface area (Å²) in [5.41, 5.74) is 4.46. The van der Waals surface area contributed by atoms with Crippen LogP contribution in [0.1, 0.15) is 6.23 Å². The van der Waals surface area contributed by atoms with Crippen molar-refractivity contribution in [2.45, 2.75) is 24.5 Å². The summed E-state index contributed by atoms with van der Waals surface area (Å²) in [6.07, 6.45) is -5.51. The minimum Gasteiger partial charge on any atom is -0.450 e. The quantitative estimate of drug-likeness (QED) is 0.326. The molecule has 4 atom stereocenters. The van der Waals surface area contributed by atoms with Gasteiger partial charge in [-0.3, -0.25) is 4.57 Å². The highest BCUT2D eigenvalue weighted by atomic mass is 16.6. The summed E-state index contributed by atoms with van der Waals surface area (Å²) in [5, 5.41) is 42.0. The molecule has 12 heteroatoms. The molecule has 0 radical (unpaired) electrons. The van der Waals surface area contributed by atoms with E-state index in [4.69, 9.17) is 30.6 Å². The van der Waals surface area contributed by atoms with Crippen LogP contribution in [0.25, 0.3) is 0 Å². The molecule has 0 aromatic carbocycles. The van der Waals surface area contributed by atoms with Crippen molar-refractivity contribution in [2.75, 3.05) is 12.3 Å². The highest BCUT2D eigenvalue weighted by Crippen LogP contribution is 2.27. The molecule has 0 spiro atoms. The second kappa shape index (κ2) is 6.94. The maximum Gasteiger partial charge on any atom is 0.503 e. The molecule has 21 heavy (non-hydrogen) atoms. The van der Waals surface area contributed by atoms with Crippen LogP contribution in [0.2, 0.25) is 0 Å². The van der Waals surface area contributed by atoms with Crippen LogP contribution >= 0.6 is 0 Å². The first kappa shape index (κ1) is 16.8. The van der Waals surface area contributed by atoms with Gasteiger partial charge in [-0.2, -0.15) is 4.98 Å². The van der Waals surface area contributed by atoms with E-state index in [1.165, 1.54) is 0 Å². The molecule has 2 heterocycles. The molecule has 1 aromatic rings. The van der Waals surface area contributed by atoms with Gasteiger partial charge in [0, 0.05) is 0 Å². The largest absolute Gasteiger partial charge is 0.503 e. The third-order valence-electron chi connectivity index (χ3n) is 2.54. The second-order valence-electron chi connectivity index (χ2n) is 3.92. The van der Waals surface area contributed by atoms with Crippen LogP contribution in [0, 0.1) is 0 Å². The Balaban J connectivity index is 0.000000491. The lowest BCUT2D eigenvalue weighted by atomic mass is 10.1. The van der Waals surface area contributed by atoms with Crippen LogP contribution in [-0.4, -0.2) is 71.1 Å². The lowest BCUT2D eigenvalue weighted by molar-refractivity contribution is -0.0554. The maximum atomic E-state index is 11.5. The molecule has 0 bridgehead atoms. The first-order valence-corrected chi connectivity index (χ1v) is 5.53. The van der Waals surface area contributed by atoms with E-state index in [2.05, 4.69) is 9.97 Å². The van der Waals surface area contributed by atoms with Crippen molar-refractivity contribution < 1.29 is 35.1 Å². The van der Waals surface area contributed by atoms with Crippen LogP contribution in [0.15, 0.2) is 11.1 Å². The van der Waals surface area contributed by atoms with Crippen molar-refractivity contribution in [1.29, 1.82) is 0 Å². The molecule has 0 saturated carbocycles. The number of nitrogens with zero attached hydrogens (tertiary/aromatic N) is 3. The maximum absolute atomic E-state index is 11.5. The van der Waals surface area contributed by atoms with Crippen LogP contribution < -0.4 is 11.4 Å². The van der Waals surface area contributed by atoms with Gasteiger partial charge in [0.15, 0.2) is 6.23 Å². The molecular formula is C9H14N4O8. The molecule has 1 aliphatic heterocycles. The standard InChI is InChI=1S/C8H12N4O5.CH2O3/c9-7-10-2-12(8(16)11-7)6-5(15)4(14)3(1-13)17-6;2-1(3)4/h2-6,13-15H,1H2,(H2,9,11,16);(H2,2,3,4)/t3-,4-,5-,6-;/m1./s1. The van der Waals surface area contributed by atoms with Crippen molar-refractivity contribution in [3.63, 3.8) is 0 Å². The van der Waals surface area contributed by atoms with Crippen molar-refractivity contribution in [3.8, 4) is 0 Å². The number of hydrogen-bond acceptors (Lipinski definition) is 9. The minimum absolute atomic E-state index is 0.196. The molecule has 1 saturated heterocycles. The molecule has 2 rings (SSSR count). The van der Waals surface area contributed by atoms with E-state index in [0.29, 0.717) is 0 Å². The highest BCUT2D eigenvalue weighted by Gasteiger charge is 2.43. The van der Waals surface area contributed by atoms with Gasteiger partial charge in [0.05, 0.1) is 6.61 Å². The summed E-state index contributed by atoms with van der Waals surface area (Å²) in [5.74, 6) is -0.196. The van der Waals surface area contributed by atoms with Crippen LogP contribution in [0.3, 0.4) is 0 Å². The number of aromatic nitrogens is 3. The Bertz CT molecular complexity index is 545. The number of anilines is 1. The number of nitrogens with two attached hydrogens (primary N) is 1. The number of carboxylic acid groups (broad SMARTS) is 2. The van der Waals surface area contributed by atoms with E-state index in [1.54, 1.807) is 0 Å². The van der Waals surface area contributed by atoms with Gasteiger partial charge >= 0.3 is 11.8 Å². The van der Waals surface area contributed by atoms with Gasteiger partial charge < -0.3 is 36.0 Å². The smallest absolute Gasteiger partial charge is 0.450 e. The predicted molar refractivity (Wildman–Crippen MR) is 64.4 cm³/mol. The van der Waals surface area contributed by atoms with Crippen molar-refractivity contribution >= 4 is 12.1 Å². The van der Waals surface area contributed by atoms with Crippen LogP contribution in [-0.2, 0) is 4.74 Å². The fourth-order valence-corrected chi connectivity index (χ4v) is 1.64. The average Bonchev–Trinajstić information content (AvgIpc) is 2.66. The summed E-state index contributed by atoms with van der Waals surface area (Å²) in [4.78, 5) is 27.0. The zero-order chi connectivity index (χ0) is 16.2. The Kier molecular flexibility index (Phi) is 5.54. The fraction of sp³-hybridized carbons (Fsp3) is 0.556. The van der Waals surface area contributed by atoms with Gasteiger partial charge in [-0.15, -0.1) is 0 Å². The molecule has 118 valence electrons. The van der Waals surface area contributed by atoms with E-state index in [9.17, 15) is 15.0 Å². The molecule has 0 unspecified atom stereocenters. The predicted octanol–water partition coefficient (Wildman–Crippen LogP) is -2.95. The number of rotatable bonds is 2. The second-order valence-corrected chi connectivity index (χ2v) is 3.92. The van der Waals surface area contributed by atoms with Gasteiger partial charge in [0.25, 0.3) is 0 Å². The molecule has 1 aromatic heterocycles. The zero-order valence-electron chi connectivity index (χ0n) is 10.5. The third-order valence-corrected chi connectivity index (χ3v) is 2.54. The van der Waals surface area contributed by atoms with Crippen molar-refractivity contribution in [2.24, 2.45) is 0 Å². The van der Waals surface area contributed by atoms with Gasteiger partial charge in [0.2, 0.25) is 5.95 Å². The van der Waals surface area contributed by atoms with Crippen molar-refractivity contribution in [3.05, 3.63) is 16.8 Å². The van der Waals surface area contributed by atoms with E-state index in [1.807, 2.05) is 0 Å². The zero-order valence-corrected chi connectivity index (χ0v) is 10.5. The Hall–Kier alpha value is -2.28. The lowest BCUT2D eigenvalue weighted by Gasteiger charge is -2.16. The number of carbonyl (C=O) groups is 1. The SMILES string of the molecule is Nc1ncn([C@@H]2O[C@H](CO)[C@@H](O)[C@H]2O)c(=O)n1.O=C(O)O. The normalized spacial score (nSPS) is 27.8. The molecule has 12 nitrogen and oxygen atoms in total. The molecule has 1 aliphatic rings. The van der Waals surface area contributed by atoms with Crippen LogP contribution in [0.4, 0.5) is 10.7 Å². The highest BCUT2D eigenvalue weighted by molar-refractivity contribution is 5.53. The topological polar surface area (TPSA) is 201 Å². The Morgan fingerprint density at radius 2 is 1.95 bits per heavy atom. The molecule has 1 fully saturated rings. The van der Waals surface area contributed by atoms with E-state index in [0.717, 1.165) is 10.9 Å². The summed E-state index contributed by atoms with van der Waals surface area (Å²) >= 11 is 0. The summed E-state index contributed by atoms with van der Waals surface area (Å²) in [6.45, 7) is -0.473. The van der Waals surface area contributed by atoms with Gasteiger partial charge in [-0.05, 0) is 0 Å². The van der Waals surface area contributed by atoms with Gasteiger partial charge in [-0.25, -0.2) is 14.6 Å². The summed E-state index contributed by atoms with van der Waals surface area (Å²) in [7, 11) is 0. The van der Waals surface area contributed by atoms with Crippen LogP contribution in [0.5, 0.6) is 0 Å². The monoisotopic (exact) mass is 306 g/mol. The number of ether oxygens (including phenoxy) is 1.